The molecule has 0 unspecified atom stereocenters. The fourth-order valence-electron chi connectivity index (χ4n) is 2.54. The average molecular weight is 353 g/mol. The highest BCUT2D eigenvalue weighted by molar-refractivity contribution is 7.09. The van der Waals surface area contributed by atoms with Gasteiger partial charge in [-0.3, -0.25) is 9.69 Å². The average Bonchev–Trinajstić information content (AvgIpc) is 3.19. The van der Waals surface area contributed by atoms with Gasteiger partial charge in [0.25, 0.3) is 5.91 Å². The van der Waals surface area contributed by atoms with Crippen molar-refractivity contribution in [1.82, 2.24) is 14.8 Å². The molecule has 0 spiro atoms. The lowest BCUT2D eigenvalue weighted by molar-refractivity contribution is 0.0622. The van der Waals surface area contributed by atoms with Crippen molar-refractivity contribution in [2.24, 2.45) is 5.73 Å². The maximum Gasteiger partial charge on any atom is 0.273 e. The molecule has 0 bridgehead atoms. The van der Waals surface area contributed by atoms with Crippen molar-refractivity contribution < 1.29 is 4.79 Å². The van der Waals surface area contributed by atoms with Crippen molar-refractivity contribution in [2.75, 3.05) is 32.7 Å². The molecule has 1 saturated carbocycles. The first-order valence-electron chi connectivity index (χ1n) is 6.95. The van der Waals surface area contributed by atoms with E-state index in [1.165, 1.54) is 24.2 Å². The molecule has 1 saturated heterocycles. The predicted octanol–water partition coefficient (Wildman–Crippen LogP) is 1.41. The lowest BCUT2D eigenvalue weighted by Gasteiger charge is -2.34. The van der Waals surface area contributed by atoms with E-state index in [1.54, 1.807) is 0 Å². The second-order valence-corrected chi connectivity index (χ2v) is 6.17. The number of hydrogen-bond acceptors (Lipinski definition) is 5. The third-order valence-electron chi connectivity index (χ3n) is 3.79. The van der Waals surface area contributed by atoms with Gasteiger partial charge >= 0.3 is 0 Å². The van der Waals surface area contributed by atoms with Gasteiger partial charge in [-0.05, 0) is 19.4 Å². The molecule has 1 aliphatic carbocycles. The molecule has 2 aliphatic rings. The summed E-state index contributed by atoms with van der Waals surface area (Å²) in [5.74, 6) is 0.0787. The molecular formula is C13H22Cl2N4OS. The van der Waals surface area contributed by atoms with E-state index in [0.29, 0.717) is 12.2 Å². The van der Waals surface area contributed by atoms with E-state index in [9.17, 15) is 4.79 Å². The third kappa shape index (κ3) is 4.53. The summed E-state index contributed by atoms with van der Waals surface area (Å²) in [4.78, 5) is 21.1. The smallest absolute Gasteiger partial charge is 0.273 e. The van der Waals surface area contributed by atoms with E-state index in [-0.39, 0.29) is 30.7 Å². The minimum absolute atomic E-state index is 0. The number of nitrogens with zero attached hydrogens (tertiary/aromatic N) is 3. The maximum absolute atomic E-state index is 12.3. The van der Waals surface area contributed by atoms with E-state index < -0.39 is 0 Å². The summed E-state index contributed by atoms with van der Waals surface area (Å²) in [6.45, 7) is 4.27. The van der Waals surface area contributed by atoms with Crippen molar-refractivity contribution in [3.63, 3.8) is 0 Å². The summed E-state index contributed by atoms with van der Waals surface area (Å²) in [7, 11) is 0. The van der Waals surface area contributed by atoms with Gasteiger partial charge in [0.1, 0.15) is 5.69 Å². The first-order chi connectivity index (χ1) is 9.28. The zero-order valence-electron chi connectivity index (χ0n) is 11.9. The SMILES string of the molecule is Cl.Cl.NCCc1nc(C(=O)N2CCN(C3CC3)CC2)cs1. The minimum atomic E-state index is 0. The second-order valence-electron chi connectivity index (χ2n) is 5.22. The number of thiazole rings is 1. The topological polar surface area (TPSA) is 62.5 Å². The van der Waals surface area contributed by atoms with Gasteiger partial charge in [-0.2, -0.15) is 0 Å². The summed E-state index contributed by atoms with van der Waals surface area (Å²) in [6, 6.07) is 0.799. The van der Waals surface area contributed by atoms with Crippen molar-refractivity contribution >= 4 is 42.1 Å². The molecule has 1 amide bonds. The number of carbonyl (C=O) groups is 1. The molecule has 3 rings (SSSR count). The van der Waals surface area contributed by atoms with E-state index in [4.69, 9.17) is 5.73 Å². The molecule has 21 heavy (non-hydrogen) atoms. The van der Waals surface area contributed by atoms with Crippen LogP contribution in [0.3, 0.4) is 0 Å². The molecule has 1 aliphatic heterocycles. The van der Waals surface area contributed by atoms with Gasteiger partial charge in [0, 0.05) is 44.0 Å². The lowest BCUT2D eigenvalue weighted by Crippen LogP contribution is -2.49. The molecular weight excluding hydrogens is 331 g/mol. The maximum atomic E-state index is 12.3. The van der Waals surface area contributed by atoms with Crippen LogP contribution in [0.15, 0.2) is 5.38 Å². The Bertz CT molecular complexity index is 459. The molecule has 1 aromatic heterocycles. The van der Waals surface area contributed by atoms with Crippen molar-refractivity contribution in [2.45, 2.75) is 25.3 Å². The van der Waals surface area contributed by atoms with Crippen LogP contribution in [-0.2, 0) is 6.42 Å². The molecule has 1 aromatic rings. The van der Waals surface area contributed by atoms with E-state index >= 15 is 0 Å². The van der Waals surface area contributed by atoms with Crippen LogP contribution in [0, 0.1) is 0 Å². The van der Waals surface area contributed by atoms with Crippen LogP contribution < -0.4 is 5.73 Å². The van der Waals surface area contributed by atoms with Gasteiger partial charge in [-0.25, -0.2) is 4.98 Å². The Morgan fingerprint density at radius 3 is 2.52 bits per heavy atom. The van der Waals surface area contributed by atoms with Gasteiger partial charge in [-0.15, -0.1) is 36.2 Å². The summed E-state index contributed by atoms with van der Waals surface area (Å²) < 4.78 is 0. The summed E-state index contributed by atoms with van der Waals surface area (Å²) in [6.07, 6.45) is 3.43. The zero-order valence-corrected chi connectivity index (χ0v) is 14.3. The molecule has 120 valence electrons. The lowest BCUT2D eigenvalue weighted by atomic mass is 10.3. The minimum Gasteiger partial charge on any atom is -0.335 e. The number of piperazine rings is 1. The van der Waals surface area contributed by atoms with E-state index in [1.807, 2.05) is 10.3 Å². The first-order valence-corrected chi connectivity index (χ1v) is 7.83. The molecule has 0 aromatic carbocycles. The molecule has 2 heterocycles. The number of rotatable bonds is 4. The van der Waals surface area contributed by atoms with Gasteiger partial charge in [0.15, 0.2) is 0 Å². The largest absolute Gasteiger partial charge is 0.335 e. The monoisotopic (exact) mass is 352 g/mol. The van der Waals surface area contributed by atoms with Crippen LogP contribution in [0.1, 0.15) is 28.3 Å². The number of nitrogens with two attached hydrogens (primary N) is 1. The van der Waals surface area contributed by atoms with Crippen LogP contribution in [0.25, 0.3) is 0 Å². The zero-order chi connectivity index (χ0) is 13.2. The molecule has 0 radical (unpaired) electrons. The Kier molecular flexibility index (Phi) is 7.36. The van der Waals surface area contributed by atoms with E-state index in [0.717, 1.165) is 43.6 Å². The number of halogens is 2. The van der Waals surface area contributed by atoms with Crippen LogP contribution in [-0.4, -0.2) is 59.5 Å². The summed E-state index contributed by atoms with van der Waals surface area (Å²) in [5.41, 5.74) is 6.10. The van der Waals surface area contributed by atoms with Crippen LogP contribution in [0.5, 0.6) is 0 Å². The van der Waals surface area contributed by atoms with Crippen LogP contribution in [0.4, 0.5) is 0 Å². The molecule has 8 heteroatoms. The van der Waals surface area contributed by atoms with Gasteiger partial charge in [0.2, 0.25) is 0 Å². The van der Waals surface area contributed by atoms with Gasteiger partial charge < -0.3 is 10.6 Å². The Balaban J connectivity index is 0.00000110. The van der Waals surface area contributed by atoms with Gasteiger partial charge in [0.05, 0.1) is 5.01 Å². The number of aromatic nitrogens is 1. The van der Waals surface area contributed by atoms with Gasteiger partial charge in [-0.1, -0.05) is 0 Å². The van der Waals surface area contributed by atoms with Crippen LogP contribution >= 0.6 is 36.2 Å². The Labute approximate surface area is 141 Å². The normalized spacial score (nSPS) is 18.8. The fourth-order valence-corrected chi connectivity index (χ4v) is 3.33. The number of hydrogen-bond donors (Lipinski definition) is 1. The second kappa shape index (κ2) is 8.29. The summed E-state index contributed by atoms with van der Waals surface area (Å²) in [5, 5.41) is 2.82. The fraction of sp³-hybridized carbons (Fsp3) is 0.692. The molecule has 0 atom stereocenters. The molecule has 5 nitrogen and oxygen atoms in total. The predicted molar refractivity (Wildman–Crippen MR) is 89.9 cm³/mol. The Hall–Kier alpha value is -0.400. The first kappa shape index (κ1) is 18.6. The Morgan fingerprint density at radius 1 is 1.29 bits per heavy atom. The highest BCUT2D eigenvalue weighted by atomic mass is 35.5. The van der Waals surface area contributed by atoms with Crippen molar-refractivity contribution in [3.8, 4) is 0 Å². The quantitative estimate of drug-likeness (QED) is 0.889. The molecule has 2 N–H and O–H groups in total. The highest BCUT2D eigenvalue weighted by Gasteiger charge is 2.32. The van der Waals surface area contributed by atoms with Crippen molar-refractivity contribution in [3.05, 3.63) is 16.1 Å². The van der Waals surface area contributed by atoms with Crippen molar-refractivity contribution in [1.29, 1.82) is 0 Å². The number of carbonyl (C=O) groups excluding carboxylic acids is 1. The number of amides is 1. The highest BCUT2D eigenvalue weighted by Crippen LogP contribution is 2.27. The Morgan fingerprint density at radius 2 is 1.95 bits per heavy atom. The third-order valence-corrected chi connectivity index (χ3v) is 4.70. The standard InChI is InChI=1S/C13H20N4OS.2ClH/c14-4-3-12-15-11(9-19-12)13(18)17-7-5-16(6-8-17)10-1-2-10;;/h9-10H,1-8,14H2;2*1H. The molecule has 2 fully saturated rings. The van der Waals surface area contributed by atoms with Crippen LogP contribution in [0.2, 0.25) is 0 Å². The van der Waals surface area contributed by atoms with E-state index in [2.05, 4.69) is 9.88 Å². The summed E-state index contributed by atoms with van der Waals surface area (Å²) >= 11 is 1.53.